The Morgan fingerprint density at radius 2 is 2.08 bits per heavy atom. The number of carbonyl (C=O) groups is 1. The lowest BCUT2D eigenvalue weighted by Gasteiger charge is -2.28. The molecule has 0 saturated carbocycles. The number of esters is 1. The summed E-state index contributed by atoms with van der Waals surface area (Å²) in [6.07, 6.45) is 5.12. The van der Waals surface area contributed by atoms with Crippen molar-refractivity contribution in [3.8, 4) is 11.8 Å². The monoisotopic (exact) mass is 335 g/mol. The number of rotatable bonds is 7. The number of carbonyl (C=O) groups excluding carboxylic acids is 1. The van der Waals surface area contributed by atoms with E-state index in [2.05, 4.69) is 6.92 Å². The van der Waals surface area contributed by atoms with Gasteiger partial charge in [0, 0.05) is 6.07 Å². The number of hydrogen-bond donors (Lipinski definition) is 0. The molecule has 1 fully saturated rings. The Kier molecular flexibility index (Phi) is 7.16. The average molecular weight is 335 g/mol. The number of benzene rings is 1. The molecule has 0 atom stereocenters. The van der Waals surface area contributed by atoms with Crippen molar-refractivity contribution in [3.63, 3.8) is 0 Å². The summed E-state index contributed by atoms with van der Waals surface area (Å²) in [5.41, 5.74) is -0.0925. The molecule has 24 heavy (non-hydrogen) atoms. The highest BCUT2D eigenvalue weighted by atomic mass is 19.1. The molecule has 6 heteroatoms. The summed E-state index contributed by atoms with van der Waals surface area (Å²) in [5, 5.41) is 8.68. The van der Waals surface area contributed by atoms with Crippen molar-refractivity contribution in [3.05, 3.63) is 29.6 Å². The van der Waals surface area contributed by atoms with E-state index in [1.54, 1.807) is 6.07 Å². The van der Waals surface area contributed by atoms with E-state index in [1.165, 1.54) is 25.0 Å². The van der Waals surface area contributed by atoms with Gasteiger partial charge >= 0.3 is 5.97 Å². The van der Waals surface area contributed by atoms with Gasteiger partial charge in [-0.2, -0.15) is 5.26 Å². The zero-order chi connectivity index (χ0) is 17.4. The smallest absolute Gasteiger partial charge is 0.319 e. The molecule has 5 nitrogen and oxygen atoms in total. The summed E-state index contributed by atoms with van der Waals surface area (Å²) in [5.74, 6) is -1.71. The maximum absolute atomic E-state index is 13.5. The zero-order valence-corrected chi connectivity index (χ0v) is 13.8. The van der Waals surface area contributed by atoms with Crippen LogP contribution in [0.25, 0.3) is 0 Å². The van der Waals surface area contributed by atoms with E-state index in [4.69, 9.17) is 19.5 Å². The largest absolute Gasteiger partial charge is 0.426 e. The van der Waals surface area contributed by atoms with Crippen LogP contribution in [-0.2, 0) is 14.3 Å². The third kappa shape index (κ3) is 5.29. The molecule has 1 saturated heterocycles. The summed E-state index contributed by atoms with van der Waals surface area (Å²) in [6.45, 7) is 2.62. The number of ether oxygens (including phenoxy) is 3. The van der Waals surface area contributed by atoms with Crippen LogP contribution >= 0.6 is 0 Å². The second kappa shape index (κ2) is 9.36. The van der Waals surface area contributed by atoms with Gasteiger partial charge in [0.05, 0.1) is 18.8 Å². The van der Waals surface area contributed by atoms with Gasteiger partial charge < -0.3 is 14.2 Å². The van der Waals surface area contributed by atoms with Crippen molar-refractivity contribution in [1.29, 1.82) is 5.26 Å². The molecule has 1 aromatic carbocycles. The second-order valence-corrected chi connectivity index (χ2v) is 5.82. The predicted molar refractivity (Wildman–Crippen MR) is 84.7 cm³/mol. The van der Waals surface area contributed by atoms with E-state index in [1.807, 2.05) is 0 Å². The first-order chi connectivity index (χ1) is 11.6. The Hall–Kier alpha value is -1.97. The highest BCUT2D eigenvalue weighted by molar-refractivity contribution is 5.75. The highest BCUT2D eigenvalue weighted by Crippen LogP contribution is 2.21. The van der Waals surface area contributed by atoms with Crippen LogP contribution in [0.1, 0.15) is 44.6 Å². The lowest BCUT2D eigenvalue weighted by Crippen LogP contribution is -2.38. The van der Waals surface area contributed by atoms with E-state index in [-0.39, 0.29) is 30.8 Å². The van der Waals surface area contributed by atoms with E-state index in [9.17, 15) is 9.18 Å². The molecule has 0 unspecified atom stereocenters. The quantitative estimate of drug-likeness (QED) is 0.433. The highest BCUT2D eigenvalue weighted by Gasteiger charge is 2.29. The lowest BCUT2D eigenvalue weighted by molar-refractivity contribution is -0.208. The van der Waals surface area contributed by atoms with Crippen molar-refractivity contribution in [2.45, 2.75) is 45.3 Å². The first-order valence-corrected chi connectivity index (χ1v) is 8.28. The number of halogens is 1. The standard InChI is InChI=1S/C18H22FNO4/c1-2-3-4-5-6-17-22-11-14(12-23-17)18(21)24-15-8-7-13(10-20)16(19)9-15/h7-9,14,17H,2-6,11-12H2,1H3. The lowest BCUT2D eigenvalue weighted by atomic mass is 10.1. The molecule has 130 valence electrons. The SMILES string of the molecule is CCCCCCC1OCC(C(=O)Oc2ccc(C#N)c(F)c2)CO1. The summed E-state index contributed by atoms with van der Waals surface area (Å²) in [6, 6.07) is 5.40. The molecule has 0 N–H and O–H groups in total. The fraction of sp³-hybridized carbons (Fsp3) is 0.556. The Balaban J connectivity index is 1.76. The number of nitrogens with zero attached hydrogens (tertiary/aromatic N) is 1. The molecule has 1 aliphatic rings. The van der Waals surface area contributed by atoms with Crippen LogP contribution in [-0.4, -0.2) is 25.5 Å². The molecule has 1 heterocycles. The van der Waals surface area contributed by atoms with Crippen LogP contribution in [0.5, 0.6) is 5.75 Å². The average Bonchev–Trinajstić information content (AvgIpc) is 2.59. The molecule has 0 spiro atoms. The minimum atomic E-state index is -0.717. The molecule has 0 aromatic heterocycles. The fourth-order valence-electron chi connectivity index (χ4n) is 2.43. The van der Waals surface area contributed by atoms with Gasteiger partial charge in [-0.05, 0) is 25.0 Å². The summed E-state index contributed by atoms with van der Waals surface area (Å²) in [7, 11) is 0. The zero-order valence-electron chi connectivity index (χ0n) is 13.8. The Bertz CT molecular complexity index is 591. The number of unbranched alkanes of at least 4 members (excludes halogenated alkanes) is 3. The predicted octanol–water partition coefficient (Wildman–Crippen LogP) is 3.56. The normalized spacial score (nSPS) is 20.4. The summed E-state index contributed by atoms with van der Waals surface area (Å²) >= 11 is 0. The van der Waals surface area contributed by atoms with Gasteiger partial charge in [0.15, 0.2) is 6.29 Å². The third-order valence-electron chi connectivity index (χ3n) is 3.87. The molecule has 0 bridgehead atoms. The second-order valence-electron chi connectivity index (χ2n) is 5.82. The molecule has 0 radical (unpaired) electrons. The Morgan fingerprint density at radius 3 is 2.71 bits per heavy atom. The molecule has 0 amide bonds. The molecule has 1 aromatic rings. The van der Waals surface area contributed by atoms with Crippen LogP contribution in [0, 0.1) is 23.1 Å². The van der Waals surface area contributed by atoms with Crippen molar-refractivity contribution >= 4 is 5.97 Å². The van der Waals surface area contributed by atoms with E-state index < -0.39 is 17.7 Å². The van der Waals surface area contributed by atoms with Gasteiger partial charge in [0.25, 0.3) is 0 Å². The van der Waals surface area contributed by atoms with Gasteiger partial charge in [-0.15, -0.1) is 0 Å². The van der Waals surface area contributed by atoms with Gasteiger partial charge in [0.2, 0.25) is 0 Å². The van der Waals surface area contributed by atoms with Crippen LogP contribution in [0.15, 0.2) is 18.2 Å². The summed E-state index contributed by atoms with van der Waals surface area (Å²) < 4.78 is 29.7. The molecule has 0 aliphatic carbocycles. The van der Waals surface area contributed by atoms with Gasteiger partial charge in [-0.1, -0.05) is 26.2 Å². The van der Waals surface area contributed by atoms with Crippen LogP contribution in [0.4, 0.5) is 4.39 Å². The van der Waals surface area contributed by atoms with Gasteiger partial charge in [-0.3, -0.25) is 4.79 Å². The molecular formula is C18H22FNO4. The van der Waals surface area contributed by atoms with Crippen molar-refractivity contribution < 1.29 is 23.4 Å². The molecular weight excluding hydrogens is 313 g/mol. The summed E-state index contributed by atoms with van der Waals surface area (Å²) in [4.78, 5) is 12.1. The van der Waals surface area contributed by atoms with E-state index in [0.29, 0.717) is 0 Å². The van der Waals surface area contributed by atoms with Crippen molar-refractivity contribution in [1.82, 2.24) is 0 Å². The topological polar surface area (TPSA) is 68.5 Å². The van der Waals surface area contributed by atoms with Gasteiger partial charge in [0.1, 0.15) is 23.6 Å². The van der Waals surface area contributed by atoms with E-state index >= 15 is 0 Å². The van der Waals surface area contributed by atoms with Crippen molar-refractivity contribution in [2.75, 3.05) is 13.2 Å². The Labute approximate surface area is 141 Å². The van der Waals surface area contributed by atoms with Gasteiger partial charge in [-0.25, -0.2) is 4.39 Å². The van der Waals surface area contributed by atoms with E-state index in [0.717, 1.165) is 25.3 Å². The van der Waals surface area contributed by atoms with Crippen LogP contribution in [0.3, 0.4) is 0 Å². The maximum Gasteiger partial charge on any atom is 0.319 e. The first-order valence-electron chi connectivity index (χ1n) is 8.28. The van der Waals surface area contributed by atoms with Crippen molar-refractivity contribution in [2.24, 2.45) is 5.92 Å². The van der Waals surface area contributed by atoms with Crippen LogP contribution < -0.4 is 4.74 Å². The minimum absolute atomic E-state index is 0.0678. The fourth-order valence-corrected chi connectivity index (χ4v) is 2.43. The Morgan fingerprint density at radius 1 is 1.33 bits per heavy atom. The van der Waals surface area contributed by atoms with Crippen LogP contribution in [0.2, 0.25) is 0 Å². The third-order valence-corrected chi connectivity index (χ3v) is 3.87. The molecule has 1 aliphatic heterocycles. The first kappa shape index (κ1) is 18.4. The number of hydrogen-bond acceptors (Lipinski definition) is 5. The maximum atomic E-state index is 13.5. The number of nitriles is 1. The minimum Gasteiger partial charge on any atom is -0.426 e. The molecule has 2 rings (SSSR count).